The first kappa shape index (κ1) is 71.5. The van der Waals surface area contributed by atoms with Crippen molar-refractivity contribution < 1.29 is 28.6 Å². The molecule has 0 saturated heterocycles. The molecule has 0 aliphatic carbocycles. The molecule has 6 nitrogen and oxygen atoms in total. The predicted octanol–water partition coefficient (Wildman–Crippen LogP) is 21.4. The monoisotopic (exact) mass is 1050 g/mol. The van der Waals surface area contributed by atoms with Crippen LogP contribution in [0, 0.1) is 0 Å². The highest BCUT2D eigenvalue weighted by molar-refractivity contribution is 5.71. The van der Waals surface area contributed by atoms with Crippen LogP contribution in [0.25, 0.3) is 0 Å². The Morgan fingerprint density at radius 2 is 0.539 bits per heavy atom. The van der Waals surface area contributed by atoms with E-state index < -0.39 is 12.1 Å². The predicted molar refractivity (Wildman–Crippen MR) is 329 cm³/mol. The van der Waals surface area contributed by atoms with E-state index in [0.29, 0.717) is 19.3 Å². The maximum atomic E-state index is 12.8. The van der Waals surface area contributed by atoms with Crippen molar-refractivity contribution in [1.29, 1.82) is 0 Å². The van der Waals surface area contributed by atoms with Crippen LogP contribution < -0.4 is 0 Å². The summed E-state index contributed by atoms with van der Waals surface area (Å²) in [6.07, 6.45) is 89.2. The third-order valence-electron chi connectivity index (χ3n) is 12.9. The zero-order chi connectivity index (χ0) is 55.0. The van der Waals surface area contributed by atoms with E-state index in [1.807, 2.05) is 12.2 Å². The second-order valence-electron chi connectivity index (χ2n) is 20.2. The number of unbranched alkanes of at least 4 members (excludes halogenated alkanes) is 22. The Kier molecular flexibility index (Phi) is 59.4. The van der Waals surface area contributed by atoms with Crippen LogP contribution in [-0.4, -0.2) is 37.2 Å². The number of hydrogen-bond acceptors (Lipinski definition) is 6. The van der Waals surface area contributed by atoms with Crippen LogP contribution in [0.1, 0.15) is 271 Å². The second-order valence-corrected chi connectivity index (χ2v) is 20.2. The number of hydrogen-bond donors (Lipinski definition) is 0. The fraction of sp³-hybridized carbons (Fsp3) is 0.643. The molecule has 430 valence electrons. The molecule has 0 aliphatic rings. The average molecular weight is 1050 g/mol. The van der Waals surface area contributed by atoms with Crippen LogP contribution in [-0.2, 0) is 28.6 Å². The maximum absolute atomic E-state index is 12.8. The molecular weight excluding hydrogens is 937 g/mol. The quantitative estimate of drug-likeness (QED) is 0.0261. The van der Waals surface area contributed by atoms with E-state index in [4.69, 9.17) is 14.2 Å². The van der Waals surface area contributed by atoms with E-state index in [-0.39, 0.29) is 31.6 Å². The molecular formula is C70H114O6. The molecule has 0 aliphatic heterocycles. The molecule has 0 fully saturated rings. The van der Waals surface area contributed by atoms with Gasteiger partial charge in [0.1, 0.15) is 13.2 Å². The molecule has 1 unspecified atom stereocenters. The van der Waals surface area contributed by atoms with Crippen molar-refractivity contribution >= 4 is 17.9 Å². The van der Waals surface area contributed by atoms with Gasteiger partial charge in [0, 0.05) is 19.3 Å². The number of carbonyl (C=O) groups is 3. The summed E-state index contributed by atoms with van der Waals surface area (Å²) in [4.78, 5) is 38.0. The lowest BCUT2D eigenvalue weighted by molar-refractivity contribution is -0.166. The third-order valence-corrected chi connectivity index (χ3v) is 12.9. The lowest BCUT2D eigenvalue weighted by Gasteiger charge is -2.18. The van der Waals surface area contributed by atoms with E-state index in [1.54, 1.807) is 0 Å². The van der Waals surface area contributed by atoms with E-state index in [1.165, 1.54) is 116 Å². The zero-order valence-corrected chi connectivity index (χ0v) is 49.2. The van der Waals surface area contributed by atoms with Crippen LogP contribution in [0.4, 0.5) is 0 Å². The van der Waals surface area contributed by atoms with Crippen LogP contribution in [0.15, 0.2) is 134 Å². The van der Waals surface area contributed by atoms with E-state index in [9.17, 15) is 14.4 Å². The van der Waals surface area contributed by atoms with Gasteiger partial charge in [0.25, 0.3) is 0 Å². The minimum Gasteiger partial charge on any atom is -0.462 e. The van der Waals surface area contributed by atoms with Gasteiger partial charge >= 0.3 is 17.9 Å². The average Bonchev–Trinajstić information content (AvgIpc) is 3.42. The highest BCUT2D eigenvalue weighted by Gasteiger charge is 2.19. The number of esters is 3. The van der Waals surface area contributed by atoms with Crippen molar-refractivity contribution in [3.8, 4) is 0 Å². The summed E-state index contributed by atoms with van der Waals surface area (Å²) in [5.74, 6) is -0.992. The Balaban J connectivity index is 4.14. The first-order chi connectivity index (χ1) is 37.5. The van der Waals surface area contributed by atoms with E-state index >= 15 is 0 Å². The van der Waals surface area contributed by atoms with E-state index in [0.717, 1.165) is 109 Å². The summed E-state index contributed by atoms with van der Waals surface area (Å²) < 4.78 is 16.8. The van der Waals surface area contributed by atoms with Gasteiger partial charge in [0.15, 0.2) is 6.10 Å². The summed E-state index contributed by atoms with van der Waals surface area (Å²) in [6, 6.07) is 0. The Labute approximate surface area is 468 Å². The minimum atomic E-state index is -0.816. The zero-order valence-electron chi connectivity index (χ0n) is 49.2. The normalized spacial score (nSPS) is 13.0. The molecule has 0 radical (unpaired) electrons. The van der Waals surface area contributed by atoms with Gasteiger partial charge < -0.3 is 14.2 Å². The molecule has 76 heavy (non-hydrogen) atoms. The van der Waals surface area contributed by atoms with Gasteiger partial charge in [0.05, 0.1) is 0 Å². The largest absolute Gasteiger partial charge is 0.462 e. The van der Waals surface area contributed by atoms with Gasteiger partial charge in [-0.2, -0.15) is 0 Å². The molecule has 0 rings (SSSR count). The smallest absolute Gasteiger partial charge is 0.306 e. The first-order valence-electron chi connectivity index (χ1n) is 31.2. The number of allylic oxidation sites excluding steroid dienone is 22. The summed E-state index contributed by atoms with van der Waals surface area (Å²) >= 11 is 0. The van der Waals surface area contributed by atoms with Crippen LogP contribution >= 0.6 is 0 Å². The van der Waals surface area contributed by atoms with Crippen molar-refractivity contribution in [3.63, 3.8) is 0 Å². The van der Waals surface area contributed by atoms with Crippen LogP contribution in [0.5, 0.6) is 0 Å². The summed E-state index contributed by atoms with van der Waals surface area (Å²) in [5, 5.41) is 0. The van der Waals surface area contributed by atoms with Gasteiger partial charge in [-0.15, -0.1) is 0 Å². The minimum absolute atomic E-state index is 0.106. The SMILES string of the molecule is CC/C=C\C/C=C\C/C=C\C/C=C\C/C=C\C/C=C\C/C=C\CCCCCCCCCCCCCCCC(=O)OCC(COC(=O)CCCCCCCCCCCC)OC(=O)CC/C=C\C/C=C\C/C=C\C/C=C\CC. The summed E-state index contributed by atoms with van der Waals surface area (Å²) in [5.41, 5.74) is 0. The Hall–Kier alpha value is -4.45. The summed E-state index contributed by atoms with van der Waals surface area (Å²) in [6.45, 7) is 6.33. The molecule has 0 heterocycles. The molecule has 0 aromatic rings. The molecule has 6 heteroatoms. The van der Waals surface area contributed by atoms with Crippen LogP contribution in [0.2, 0.25) is 0 Å². The molecule has 1 atom stereocenters. The van der Waals surface area contributed by atoms with Crippen molar-refractivity contribution in [2.24, 2.45) is 0 Å². The van der Waals surface area contributed by atoms with Gasteiger partial charge in [-0.25, -0.2) is 0 Å². The fourth-order valence-electron chi connectivity index (χ4n) is 8.32. The van der Waals surface area contributed by atoms with Gasteiger partial charge in [-0.05, 0) is 103 Å². The molecule has 0 aromatic carbocycles. The number of rotatable bonds is 55. The number of ether oxygens (including phenoxy) is 3. The number of carbonyl (C=O) groups excluding carboxylic acids is 3. The Bertz CT molecular complexity index is 1630. The fourth-order valence-corrected chi connectivity index (χ4v) is 8.32. The molecule has 0 amide bonds. The van der Waals surface area contributed by atoms with E-state index in [2.05, 4.69) is 142 Å². The third kappa shape index (κ3) is 60.4. The van der Waals surface area contributed by atoms with Gasteiger partial charge in [-0.1, -0.05) is 283 Å². The molecule has 0 spiro atoms. The lowest BCUT2D eigenvalue weighted by Crippen LogP contribution is -2.30. The maximum Gasteiger partial charge on any atom is 0.306 e. The first-order valence-corrected chi connectivity index (χ1v) is 31.2. The van der Waals surface area contributed by atoms with Gasteiger partial charge in [-0.3, -0.25) is 14.4 Å². The van der Waals surface area contributed by atoms with Crippen molar-refractivity contribution in [3.05, 3.63) is 134 Å². The van der Waals surface area contributed by atoms with Crippen molar-refractivity contribution in [1.82, 2.24) is 0 Å². The summed E-state index contributed by atoms with van der Waals surface area (Å²) in [7, 11) is 0. The topological polar surface area (TPSA) is 78.9 Å². The highest BCUT2D eigenvalue weighted by Crippen LogP contribution is 2.15. The van der Waals surface area contributed by atoms with Gasteiger partial charge in [0.2, 0.25) is 0 Å². The second kappa shape index (κ2) is 63.1. The lowest BCUT2D eigenvalue weighted by atomic mass is 10.0. The van der Waals surface area contributed by atoms with Crippen LogP contribution in [0.3, 0.4) is 0 Å². The standard InChI is InChI=1S/C70H114O6/c1-4-7-10-13-16-19-22-24-25-26-27-28-29-30-31-32-33-34-35-36-37-38-39-40-41-42-43-44-45-47-48-51-54-57-60-63-69(72)75-66-67(65-74-68(71)62-59-56-53-50-21-18-15-12-9-6-3)76-70(73)64-61-58-55-52-49-46-23-20-17-14-11-8-5-2/h7-8,10-11,16-17,19-20,24-25,27-28,30-31,33-34,36-37,46,49,55,58,67H,4-6,9,12-15,18,21-23,26,29,32,35,38-45,47-48,50-54,56-57,59-66H2,1-3H3/b10-7-,11-8-,19-16-,20-17-,25-24-,28-27-,31-30-,34-33-,37-36-,49-46-,58-55-. The molecule has 0 saturated carbocycles. The molecule has 0 N–H and O–H groups in total. The van der Waals surface area contributed by atoms with Crippen molar-refractivity contribution in [2.75, 3.05) is 13.2 Å². The highest BCUT2D eigenvalue weighted by atomic mass is 16.6. The molecule has 0 aromatic heterocycles. The Morgan fingerprint density at radius 1 is 0.276 bits per heavy atom. The molecule has 0 bridgehead atoms. The Morgan fingerprint density at radius 3 is 0.855 bits per heavy atom. The van der Waals surface area contributed by atoms with Crippen molar-refractivity contribution in [2.45, 2.75) is 277 Å².